The van der Waals surface area contributed by atoms with E-state index in [4.69, 9.17) is 38.5 Å². The maximum absolute atomic E-state index is 5.93. The van der Waals surface area contributed by atoms with Crippen molar-refractivity contribution in [2.75, 3.05) is 33.4 Å². The van der Waals surface area contributed by atoms with E-state index in [0.29, 0.717) is 24.8 Å². The van der Waals surface area contributed by atoms with Crippen molar-refractivity contribution in [3.05, 3.63) is 23.8 Å². The minimum Gasteiger partial charge on any atom is -0.519 e. The number of benzene rings is 1. The van der Waals surface area contributed by atoms with Crippen LogP contribution in [0.15, 0.2) is 18.2 Å². The zero-order valence-electron chi connectivity index (χ0n) is 13.9. The van der Waals surface area contributed by atoms with Crippen molar-refractivity contribution in [2.24, 2.45) is 0 Å². The average molecular weight is 379 g/mol. The van der Waals surface area contributed by atoms with E-state index in [2.05, 4.69) is 0 Å². The van der Waals surface area contributed by atoms with Gasteiger partial charge >= 0.3 is 17.4 Å². The second kappa shape index (κ2) is 7.97. The molecule has 0 saturated heterocycles. The lowest BCUT2D eigenvalue weighted by atomic mass is 10.2. The first-order valence-corrected chi connectivity index (χ1v) is 12.3. The Morgan fingerprint density at radius 1 is 1.22 bits per heavy atom. The molecule has 1 heterocycles. The van der Waals surface area contributed by atoms with Gasteiger partial charge in [0.05, 0.1) is 24.8 Å². The standard InChI is InChI=1S/C14H23ClO6Si2/c1-16-23(17-2,18-3)8-7-19-13-5-6-14-12(9-13)10-20-22(4,11-15)21-14/h5-6,9H,7-8,10-11H2,1-4H3. The van der Waals surface area contributed by atoms with Gasteiger partial charge < -0.3 is 26.9 Å². The van der Waals surface area contributed by atoms with Gasteiger partial charge in [-0.05, 0) is 24.7 Å². The van der Waals surface area contributed by atoms with Crippen LogP contribution < -0.4 is 9.16 Å². The predicted octanol–water partition coefficient (Wildman–Crippen LogP) is 2.70. The fraction of sp³-hybridized carbons (Fsp3) is 0.571. The Morgan fingerprint density at radius 3 is 2.52 bits per heavy atom. The van der Waals surface area contributed by atoms with Gasteiger partial charge in [-0.1, -0.05) is 0 Å². The van der Waals surface area contributed by atoms with Crippen molar-refractivity contribution < 1.29 is 26.9 Å². The van der Waals surface area contributed by atoms with Gasteiger partial charge in [0, 0.05) is 26.9 Å². The van der Waals surface area contributed by atoms with E-state index in [1.54, 1.807) is 21.3 Å². The molecule has 6 nitrogen and oxygen atoms in total. The van der Waals surface area contributed by atoms with Crippen LogP contribution in [0, 0.1) is 0 Å². The predicted molar refractivity (Wildman–Crippen MR) is 91.3 cm³/mol. The summed E-state index contributed by atoms with van der Waals surface area (Å²) in [6.07, 6.45) is 0. The van der Waals surface area contributed by atoms with Gasteiger partial charge in [-0.15, -0.1) is 11.6 Å². The lowest BCUT2D eigenvalue weighted by Gasteiger charge is -2.32. The third kappa shape index (κ3) is 4.47. The molecule has 0 spiro atoms. The van der Waals surface area contributed by atoms with Crippen molar-refractivity contribution in [1.29, 1.82) is 0 Å². The van der Waals surface area contributed by atoms with Crippen LogP contribution in [-0.4, -0.2) is 50.8 Å². The summed E-state index contributed by atoms with van der Waals surface area (Å²) in [5.74, 6) is 1.58. The molecule has 0 bridgehead atoms. The zero-order valence-corrected chi connectivity index (χ0v) is 16.6. The summed E-state index contributed by atoms with van der Waals surface area (Å²) in [5, 5.41) is 0. The number of hydrogen-bond acceptors (Lipinski definition) is 6. The Morgan fingerprint density at radius 2 is 1.91 bits per heavy atom. The molecule has 1 aliphatic heterocycles. The van der Waals surface area contributed by atoms with E-state index in [1.165, 1.54) is 0 Å². The van der Waals surface area contributed by atoms with E-state index in [1.807, 2.05) is 24.7 Å². The van der Waals surface area contributed by atoms with E-state index in [9.17, 15) is 0 Å². The van der Waals surface area contributed by atoms with Gasteiger partial charge in [-0.2, -0.15) is 0 Å². The zero-order chi connectivity index (χ0) is 16.9. The summed E-state index contributed by atoms with van der Waals surface area (Å²) >= 11 is 5.93. The lowest BCUT2D eigenvalue weighted by Crippen LogP contribution is -2.47. The molecule has 0 fully saturated rings. The first-order valence-electron chi connectivity index (χ1n) is 7.30. The number of halogens is 1. The van der Waals surface area contributed by atoms with Crippen LogP contribution in [0.5, 0.6) is 11.5 Å². The molecular weight excluding hydrogens is 356 g/mol. The molecule has 0 aliphatic carbocycles. The molecule has 0 N–H and O–H groups in total. The molecule has 130 valence electrons. The Hall–Kier alpha value is -0.616. The fourth-order valence-electron chi connectivity index (χ4n) is 2.27. The van der Waals surface area contributed by atoms with E-state index >= 15 is 0 Å². The first kappa shape index (κ1) is 18.7. The second-order valence-electron chi connectivity index (χ2n) is 5.32. The summed E-state index contributed by atoms with van der Waals surface area (Å²) in [7, 11) is -0.107. The molecule has 1 aliphatic rings. The molecule has 0 saturated carbocycles. The fourth-order valence-corrected chi connectivity index (χ4v) is 5.44. The Kier molecular flexibility index (Phi) is 6.49. The minimum absolute atomic E-state index is 0.405. The van der Waals surface area contributed by atoms with Crippen LogP contribution in [0.4, 0.5) is 0 Å². The molecule has 0 radical (unpaired) electrons. The van der Waals surface area contributed by atoms with Crippen LogP contribution in [-0.2, 0) is 24.3 Å². The molecular formula is C14H23ClO6Si2. The molecule has 9 heteroatoms. The molecule has 1 aromatic rings. The van der Waals surface area contributed by atoms with Crippen LogP contribution in [0.1, 0.15) is 5.56 Å². The Bertz CT molecular complexity index is 520. The van der Waals surface area contributed by atoms with Crippen molar-refractivity contribution in [1.82, 2.24) is 0 Å². The van der Waals surface area contributed by atoms with Crippen LogP contribution in [0.25, 0.3) is 0 Å². The maximum atomic E-state index is 5.93. The summed E-state index contributed by atoms with van der Waals surface area (Å²) in [5.41, 5.74) is 1.37. The molecule has 0 amide bonds. The highest BCUT2D eigenvalue weighted by molar-refractivity contribution is 6.74. The average Bonchev–Trinajstić information content (AvgIpc) is 2.59. The van der Waals surface area contributed by atoms with Gasteiger partial charge in [-0.25, -0.2) is 0 Å². The molecule has 1 aromatic carbocycles. The third-order valence-corrected chi connectivity index (χ3v) is 9.77. The van der Waals surface area contributed by atoms with Gasteiger partial charge in [0.25, 0.3) is 0 Å². The van der Waals surface area contributed by atoms with Crippen LogP contribution >= 0.6 is 11.6 Å². The molecule has 1 unspecified atom stereocenters. The van der Waals surface area contributed by atoms with Crippen molar-refractivity contribution in [3.63, 3.8) is 0 Å². The number of rotatable bonds is 8. The summed E-state index contributed by atoms with van der Waals surface area (Å²) in [4.78, 5) is 0. The molecule has 0 aromatic heterocycles. The highest BCUT2D eigenvalue weighted by Gasteiger charge is 2.38. The quantitative estimate of drug-likeness (QED) is 0.512. The highest BCUT2D eigenvalue weighted by atomic mass is 35.5. The van der Waals surface area contributed by atoms with Gasteiger partial charge in [0.2, 0.25) is 0 Å². The summed E-state index contributed by atoms with van der Waals surface area (Å²) in [6.45, 7) is 2.89. The van der Waals surface area contributed by atoms with Crippen LogP contribution in [0.3, 0.4) is 0 Å². The smallest absolute Gasteiger partial charge is 0.503 e. The molecule has 1 atom stereocenters. The van der Waals surface area contributed by atoms with Gasteiger partial charge in [0.1, 0.15) is 11.5 Å². The number of fused-ring (bicyclic) bond motifs is 1. The number of hydrogen-bond donors (Lipinski definition) is 0. The van der Waals surface area contributed by atoms with Crippen LogP contribution in [0.2, 0.25) is 12.6 Å². The Balaban J connectivity index is 1.96. The van der Waals surface area contributed by atoms with E-state index in [0.717, 1.165) is 17.1 Å². The molecule has 23 heavy (non-hydrogen) atoms. The second-order valence-corrected chi connectivity index (χ2v) is 12.2. The van der Waals surface area contributed by atoms with Gasteiger partial charge in [-0.3, -0.25) is 0 Å². The van der Waals surface area contributed by atoms with E-state index in [-0.39, 0.29) is 0 Å². The topological polar surface area (TPSA) is 55.4 Å². The summed E-state index contributed by atoms with van der Waals surface area (Å²) < 4.78 is 33.6. The normalized spacial score (nSPS) is 20.7. The van der Waals surface area contributed by atoms with Crippen molar-refractivity contribution >= 4 is 29.0 Å². The largest absolute Gasteiger partial charge is 0.519 e. The SMILES string of the molecule is CO[Si](CCOc1ccc2c(c1)CO[Si](C)(CCl)O2)(OC)OC. The van der Waals surface area contributed by atoms with E-state index < -0.39 is 17.4 Å². The number of alkyl halides is 1. The number of ether oxygens (including phenoxy) is 1. The van der Waals surface area contributed by atoms with Crippen molar-refractivity contribution in [3.8, 4) is 11.5 Å². The van der Waals surface area contributed by atoms with Gasteiger partial charge in [0.15, 0.2) is 0 Å². The highest BCUT2D eigenvalue weighted by Crippen LogP contribution is 2.32. The first-order chi connectivity index (χ1) is 11.0. The minimum atomic E-state index is -2.61. The summed E-state index contributed by atoms with van der Waals surface area (Å²) in [6, 6.07) is 6.27. The van der Waals surface area contributed by atoms with Crippen molar-refractivity contribution in [2.45, 2.75) is 19.2 Å². The lowest BCUT2D eigenvalue weighted by molar-refractivity contribution is 0.117. The maximum Gasteiger partial charge on any atom is 0.503 e. The molecule has 2 rings (SSSR count). The Labute approximate surface area is 144 Å². The monoisotopic (exact) mass is 378 g/mol. The third-order valence-electron chi connectivity index (χ3n) is 3.74.